The Morgan fingerprint density at radius 1 is 1.55 bits per heavy atom. The molecule has 0 radical (unpaired) electrons. The quantitative estimate of drug-likeness (QED) is 0.594. The fourth-order valence-electron chi connectivity index (χ4n) is 3.07. The van der Waals surface area contributed by atoms with E-state index in [1.165, 1.54) is 13.2 Å². The maximum atomic E-state index is 11.8. The molecule has 2 aliphatic carbocycles. The van der Waals surface area contributed by atoms with Crippen LogP contribution in [-0.2, 0) is 15.1 Å². The molecule has 1 fully saturated rings. The molecule has 2 aliphatic rings. The fraction of sp³-hybridized carbons (Fsp3) is 0.545. The third-order valence-corrected chi connectivity index (χ3v) is 4.25. The zero-order valence-electron chi connectivity index (χ0n) is 10.4. The first-order valence-electron chi connectivity index (χ1n) is 5.91. The number of aromatic nitrogens is 2. The predicted molar refractivity (Wildman–Crippen MR) is 65.3 cm³/mol. The molecule has 8 nitrogen and oxygen atoms in total. The van der Waals surface area contributed by atoms with Gasteiger partial charge in [0, 0.05) is 24.9 Å². The summed E-state index contributed by atoms with van der Waals surface area (Å²) in [5, 5.41) is 19.3. The Kier molecular flexibility index (Phi) is 2.87. The van der Waals surface area contributed by atoms with E-state index in [1.54, 1.807) is 0 Å². The molecule has 106 valence electrons. The normalized spacial score (nSPS) is 32.3. The largest absolute Gasteiger partial charge is 0.373 e. The molecule has 9 heteroatoms. The minimum atomic E-state index is -1.68. The van der Waals surface area contributed by atoms with Crippen molar-refractivity contribution in [1.82, 2.24) is 10.3 Å². The van der Waals surface area contributed by atoms with E-state index in [-0.39, 0.29) is 35.0 Å². The van der Waals surface area contributed by atoms with Gasteiger partial charge in [0.1, 0.15) is 11.9 Å². The number of hydrogen-bond acceptors (Lipinski definition) is 7. The zero-order chi connectivity index (χ0) is 14.5. The van der Waals surface area contributed by atoms with Crippen LogP contribution in [0.25, 0.3) is 5.03 Å². The first-order valence-corrected chi connectivity index (χ1v) is 6.29. The molecular weight excluding hydrogens is 290 g/mol. The predicted octanol–water partition coefficient (Wildman–Crippen LogP) is 1.13. The van der Waals surface area contributed by atoms with Gasteiger partial charge in [-0.3, -0.25) is 14.9 Å². The maximum absolute atomic E-state index is 11.8. The SMILES string of the molecule is CO[C@H]1CC(=O)C[C@H]2C=C(Cl)c3nonc3[C@]21[N+](=O)[O-]. The van der Waals surface area contributed by atoms with Gasteiger partial charge < -0.3 is 4.74 Å². The van der Waals surface area contributed by atoms with Crippen LogP contribution < -0.4 is 0 Å². The molecule has 20 heavy (non-hydrogen) atoms. The van der Waals surface area contributed by atoms with Gasteiger partial charge in [-0.15, -0.1) is 0 Å². The highest BCUT2D eigenvalue weighted by molar-refractivity contribution is 6.48. The van der Waals surface area contributed by atoms with Crippen molar-refractivity contribution in [3.05, 3.63) is 27.6 Å². The van der Waals surface area contributed by atoms with Crippen LogP contribution in [0.4, 0.5) is 0 Å². The van der Waals surface area contributed by atoms with E-state index >= 15 is 0 Å². The van der Waals surface area contributed by atoms with Gasteiger partial charge in [-0.05, 0) is 10.3 Å². The number of fused-ring (bicyclic) bond motifs is 3. The molecule has 3 rings (SSSR count). The molecule has 0 aromatic carbocycles. The lowest BCUT2D eigenvalue weighted by molar-refractivity contribution is -0.605. The van der Waals surface area contributed by atoms with Crippen LogP contribution in [0.1, 0.15) is 24.2 Å². The molecular formula is C11H10ClN3O5. The molecule has 0 unspecified atom stereocenters. The zero-order valence-corrected chi connectivity index (χ0v) is 11.2. The van der Waals surface area contributed by atoms with Gasteiger partial charge in [-0.1, -0.05) is 17.7 Å². The second-order valence-electron chi connectivity index (χ2n) is 4.84. The second kappa shape index (κ2) is 4.35. The van der Waals surface area contributed by atoms with Gasteiger partial charge >= 0.3 is 5.54 Å². The van der Waals surface area contributed by atoms with E-state index in [1.807, 2.05) is 0 Å². The highest BCUT2D eigenvalue weighted by Gasteiger charge is 2.66. The summed E-state index contributed by atoms with van der Waals surface area (Å²) in [6, 6.07) is 0. The number of rotatable bonds is 2. The fourth-order valence-corrected chi connectivity index (χ4v) is 3.34. The van der Waals surface area contributed by atoms with Crippen LogP contribution in [0.3, 0.4) is 0 Å². The van der Waals surface area contributed by atoms with Crippen LogP contribution in [0.2, 0.25) is 0 Å². The summed E-state index contributed by atoms with van der Waals surface area (Å²) >= 11 is 6.04. The average Bonchev–Trinajstić information content (AvgIpc) is 2.87. The van der Waals surface area contributed by atoms with Crippen molar-refractivity contribution >= 4 is 22.4 Å². The first kappa shape index (κ1) is 13.2. The number of carbonyl (C=O) groups is 1. The third-order valence-electron chi connectivity index (χ3n) is 3.95. The standard InChI is InChI=1S/C11H10ClN3O5/c1-19-8-4-6(16)2-5-3-7(12)9-10(14-20-13-9)11(5,8)15(17)18/h3,5,8H,2,4H2,1H3/t5-,8-,11-/m0/s1. The number of halogens is 1. The van der Waals surface area contributed by atoms with Crippen LogP contribution >= 0.6 is 11.6 Å². The van der Waals surface area contributed by atoms with Crippen molar-refractivity contribution in [2.24, 2.45) is 5.92 Å². The van der Waals surface area contributed by atoms with E-state index in [0.717, 1.165) is 0 Å². The molecule has 1 saturated carbocycles. The molecule has 0 spiro atoms. The highest BCUT2D eigenvalue weighted by atomic mass is 35.5. The molecule has 0 bridgehead atoms. The molecule has 1 aromatic heterocycles. The Labute approximate surface area is 117 Å². The Bertz CT molecular complexity index is 627. The van der Waals surface area contributed by atoms with Gasteiger partial charge in [-0.2, -0.15) is 0 Å². The van der Waals surface area contributed by atoms with E-state index in [9.17, 15) is 14.9 Å². The summed E-state index contributed by atoms with van der Waals surface area (Å²) in [7, 11) is 1.33. The second-order valence-corrected chi connectivity index (χ2v) is 5.24. The molecule has 0 N–H and O–H groups in total. The van der Waals surface area contributed by atoms with Gasteiger partial charge in [-0.25, -0.2) is 4.63 Å². The summed E-state index contributed by atoms with van der Waals surface area (Å²) < 4.78 is 9.82. The Morgan fingerprint density at radius 3 is 2.95 bits per heavy atom. The number of nitro groups is 1. The van der Waals surface area contributed by atoms with E-state index in [4.69, 9.17) is 16.3 Å². The van der Waals surface area contributed by atoms with E-state index in [2.05, 4.69) is 14.9 Å². The number of methoxy groups -OCH3 is 1. The topological polar surface area (TPSA) is 108 Å². The molecule has 0 aliphatic heterocycles. The summed E-state index contributed by atoms with van der Waals surface area (Å²) in [4.78, 5) is 23.1. The molecule has 3 atom stereocenters. The van der Waals surface area contributed by atoms with Crippen molar-refractivity contribution in [3.63, 3.8) is 0 Å². The lowest BCUT2D eigenvalue weighted by atomic mass is 9.66. The maximum Gasteiger partial charge on any atom is 0.301 e. The van der Waals surface area contributed by atoms with E-state index < -0.39 is 22.5 Å². The lowest BCUT2D eigenvalue weighted by Crippen LogP contribution is -2.58. The van der Waals surface area contributed by atoms with Crippen molar-refractivity contribution in [1.29, 1.82) is 0 Å². The van der Waals surface area contributed by atoms with Crippen molar-refractivity contribution < 1.29 is 19.1 Å². The molecule has 0 saturated heterocycles. The third kappa shape index (κ3) is 1.49. The van der Waals surface area contributed by atoms with Crippen molar-refractivity contribution in [3.8, 4) is 0 Å². The summed E-state index contributed by atoms with van der Waals surface area (Å²) in [5.74, 6) is -0.837. The Balaban J connectivity index is 2.28. The monoisotopic (exact) mass is 299 g/mol. The molecule has 1 aromatic rings. The van der Waals surface area contributed by atoms with Gasteiger partial charge in [0.15, 0.2) is 11.4 Å². The first-order chi connectivity index (χ1) is 9.51. The number of carbonyl (C=O) groups excluding carboxylic acids is 1. The molecule has 1 heterocycles. The number of ketones is 1. The number of nitrogens with zero attached hydrogens (tertiary/aromatic N) is 3. The van der Waals surface area contributed by atoms with Crippen molar-refractivity contribution in [2.45, 2.75) is 24.5 Å². The average molecular weight is 300 g/mol. The summed E-state index contributed by atoms with van der Waals surface area (Å²) in [6.45, 7) is 0. The van der Waals surface area contributed by atoms with Gasteiger partial charge in [0.05, 0.1) is 11.0 Å². The highest BCUT2D eigenvalue weighted by Crippen LogP contribution is 2.50. The summed E-state index contributed by atoms with van der Waals surface area (Å²) in [5.41, 5.74) is -1.52. The van der Waals surface area contributed by atoms with Crippen LogP contribution in [0.5, 0.6) is 0 Å². The minimum Gasteiger partial charge on any atom is -0.373 e. The number of Topliss-reactive ketones (excluding diaryl/α,β-unsaturated/α-hetero) is 1. The number of hydrogen-bond donors (Lipinski definition) is 0. The minimum absolute atomic E-state index is 0.0172. The molecule has 0 amide bonds. The Hall–Kier alpha value is -1.80. The van der Waals surface area contributed by atoms with E-state index in [0.29, 0.717) is 0 Å². The van der Waals surface area contributed by atoms with Crippen LogP contribution in [-0.4, -0.2) is 34.2 Å². The lowest BCUT2D eigenvalue weighted by Gasteiger charge is -2.40. The van der Waals surface area contributed by atoms with Gasteiger partial charge in [0.2, 0.25) is 0 Å². The van der Waals surface area contributed by atoms with Crippen LogP contribution in [0, 0.1) is 16.0 Å². The Morgan fingerprint density at radius 2 is 2.30 bits per heavy atom. The summed E-state index contributed by atoms with van der Waals surface area (Å²) in [6.07, 6.45) is 0.505. The van der Waals surface area contributed by atoms with Crippen molar-refractivity contribution in [2.75, 3.05) is 7.11 Å². The van der Waals surface area contributed by atoms with Crippen LogP contribution in [0.15, 0.2) is 10.7 Å². The van der Waals surface area contributed by atoms with Gasteiger partial charge in [0.25, 0.3) is 0 Å². The smallest absolute Gasteiger partial charge is 0.301 e. The number of ether oxygens (including phenoxy) is 1.